The first-order valence-electron chi connectivity index (χ1n) is 10.7. The van der Waals surface area contributed by atoms with Crippen molar-refractivity contribution < 1.29 is 9.59 Å². The van der Waals surface area contributed by atoms with Crippen LogP contribution in [0.15, 0.2) is 83.3 Å². The van der Waals surface area contributed by atoms with Crippen molar-refractivity contribution in [2.45, 2.75) is 6.92 Å². The van der Waals surface area contributed by atoms with E-state index in [1.807, 2.05) is 61.5 Å². The summed E-state index contributed by atoms with van der Waals surface area (Å²) in [5.74, 6) is -0.442. The molecule has 0 radical (unpaired) electrons. The topological polar surface area (TPSA) is 76.9 Å². The maximum atomic E-state index is 13.7. The predicted molar refractivity (Wildman–Crippen MR) is 134 cm³/mol. The third kappa shape index (κ3) is 3.16. The minimum atomic E-state index is -0.232. The molecule has 0 saturated carbocycles. The number of ketones is 2. The molecule has 0 atom stereocenters. The highest BCUT2D eigenvalue weighted by molar-refractivity contribution is 9.10. The number of benzene rings is 4. The first kappa shape index (κ1) is 20.5. The molecule has 0 unspecified atom stereocenters. The van der Waals surface area contributed by atoms with E-state index in [0.29, 0.717) is 33.4 Å². The van der Waals surface area contributed by atoms with E-state index in [0.717, 1.165) is 21.4 Å². The number of halogens is 1. The molecule has 1 aromatic heterocycles. The normalized spacial score (nSPS) is 12.5. The SMILES string of the molecule is Cc1ccc(Nc2cc3c(nnn3-c3cccc(Br)c3)c3c2C(=O)c2ccccc2C3=O)cc1. The van der Waals surface area contributed by atoms with Crippen LogP contribution in [0.1, 0.15) is 37.4 Å². The van der Waals surface area contributed by atoms with Gasteiger partial charge in [-0.1, -0.05) is 69.2 Å². The maximum absolute atomic E-state index is 13.7. The molecule has 0 bridgehead atoms. The molecule has 6 nitrogen and oxygen atoms in total. The second-order valence-corrected chi connectivity index (χ2v) is 9.13. The largest absolute Gasteiger partial charge is 0.355 e. The second kappa shape index (κ2) is 7.74. The van der Waals surface area contributed by atoms with Crippen LogP contribution in [0.5, 0.6) is 0 Å². The lowest BCUT2D eigenvalue weighted by atomic mass is 9.82. The number of aromatic nitrogens is 3. The number of hydrogen-bond acceptors (Lipinski definition) is 5. The van der Waals surface area contributed by atoms with Crippen molar-refractivity contribution in [1.29, 1.82) is 0 Å². The van der Waals surface area contributed by atoms with E-state index in [4.69, 9.17) is 0 Å². The number of hydrogen-bond donors (Lipinski definition) is 1. The Morgan fingerprint density at radius 2 is 1.53 bits per heavy atom. The summed E-state index contributed by atoms with van der Waals surface area (Å²) in [5, 5.41) is 12.1. The van der Waals surface area contributed by atoms with E-state index in [2.05, 4.69) is 31.6 Å². The summed E-state index contributed by atoms with van der Waals surface area (Å²) in [4.78, 5) is 27.3. The highest BCUT2D eigenvalue weighted by atomic mass is 79.9. The molecule has 0 saturated heterocycles. The zero-order chi connectivity index (χ0) is 23.4. The third-order valence-electron chi connectivity index (χ3n) is 6.00. The van der Waals surface area contributed by atoms with E-state index in [1.165, 1.54) is 0 Å². The number of rotatable bonds is 3. The molecule has 0 aliphatic heterocycles. The smallest absolute Gasteiger partial charge is 0.196 e. The quantitative estimate of drug-likeness (QED) is 0.316. The number of fused-ring (bicyclic) bond motifs is 4. The number of aryl methyl sites for hydroxylation is 1. The molecule has 1 N–H and O–H groups in total. The van der Waals surface area contributed by atoms with Crippen LogP contribution in [0.3, 0.4) is 0 Å². The van der Waals surface area contributed by atoms with E-state index in [1.54, 1.807) is 28.9 Å². The van der Waals surface area contributed by atoms with Gasteiger partial charge >= 0.3 is 0 Å². The van der Waals surface area contributed by atoms with E-state index in [-0.39, 0.29) is 17.1 Å². The summed E-state index contributed by atoms with van der Waals surface area (Å²) >= 11 is 3.50. The van der Waals surface area contributed by atoms with Crippen molar-refractivity contribution in [2.24, 2.45) is 0 Å². The summed E-state index contributed by atoms with van der Waals surface area (Å²) in [7, 11) is 0. The predicted octanol–water partition coefficient (Wildman–Crippen LogP) is 6.01. The molecule has 1 aliphatic carbocycles. The van der Waals surface area contributed by atoms with Gasteiger partial charge in [-0.2, -0.15) is 0 Å². The van der Waals surface area contributed by atoms with E-state index >= 15 is 0 Å². The Balaban J connectivity index is 1.64. The zero-order valence-electron chi connectivity index (χ0n) is 18.0. The van der Waals surface area contributed by atoms with Gasteiger partial charge in [0.2, 0.25) is 0 Å². The minimum absolute atomic E-state index is 0.210. The Kier molecular flexibility index (Phi) is 4.67. The summed E-state index contributed by atoms with van der Waals surface area (Å²) in [6.45, 7) is 2.01. The fourth-order valence-corrected chi connectivity index (χ4v) is 4.74. The lowest BCUT2D eigenvalue weighted by Gasteiger charge is -2.21. The Morgan fingerprint density at radius 3 is 2.24 bits per heavy atom. The van der Waals surface area contributed by atoms with Crippen LogP contribution in [0, 0.1) is 6.92 Å². The van der Waals surface area contributed by atoms with E-state index < -0.39 is 0 Å². The lowest BCUT2D eigenvalue weighted by molar-refractivity contribution is 0.0981. The van der Waals surface area contributed by atoms with Gasteiger partial charge < -0.3 is 5.32 Å². The van der Waals surface area contributed by atoms with E-state index in [9.17, 15) is 9.59 Å². The Bertz CT molecular complexity index is 1640. The second-order valence-electron chi connectivity index (χ2n) is 8.22. The standard InChI is InChI=1S/C27H17BrN4O2/c1-15-9-11-17(12-10-15)29-21-14-22-25(30-31-32(22)18-6-4-5-16(28)13-18)24-23(21)26(33)19-7-2-3-8-20(19)27(24)34/h2-14,29H,1H3. The Labute approximate surface area is 203 Å². The van der Waals surface area contributed by atoms with Crippen LogP contribution in [-0.4, -0.2) is 26.6 Å². The molecule has 5 aromatic rings. The fourth-order valence-electron chi connectivity index (χ4n) is 4.35. The van der Waals surface area contributed by atoms with Crippen molar-refractivity contribution in [3.63, 3.8) is 0 Å². The van der Waals surface area contributed by atoms with Gasteiger partial charge in [-0.05, 0) is 43.3 Å². The Morgan fingerprint density at radius 1 is 0.824 bits per heavy atom. The van der Waals surface area contributed by atoms with Gasteiger partial charge in [0.25, 0.3) is 0 Å². The van der Waals surface area contributed by atoms with Crippen molar-refractivity contribution in [3.05, 3.63) is 111 Å². The van der Waals surface area contributed by atoms with Crippen LogP contribution in [0.25, 0.3) is 16.7 Å². The first-order valence-corrected chi connectivity index (χ1v) is 11.5. The number of nitrogens with one attached hydrogen (secondary N) is 1. The molecule has 0 amide bonds. The average molecular weight is 509 g/mol. The summed E-state index contributed by atoms with van der Waals surface area (Å²) in [5.41, 5.74) is 5.66. The monoisotopic (exact) mass is 508 g/mol. The highest BCUT2D eigenvalue weighted by Crippen LogP contribution is 2.38. The molecule has 164 valence electrons. The fraction of sp³-hybridized carbons (Fsp3) is 0.0370. The molecule has 4 aromatic carbocycles. The summed E-state index contributed by atoms with van der Waals surface area (Å²) in [6, 6.07) is 24.3. The van der Waals surface area contributed by atoms with Gasteiger partial charge in [0, 0.05) is 21.3 Å². The van der Waals surface area contributed by atoms with Crippen molar-refractivity contribution in [1.82, 2.24) is 15.0 Å². The lowest BCUT2D eigenvalue weighted by Crippen LogP contribution is -2.22. The van der Waals surface area contributed by atoms with Gasteiger partial charge in [0.15, 0.2) is 11.6 Å². The van der Waals surface area contributed by atoms with Gasteiger partial charge in [0.1, 0.15) is 5.52 Å². The molecule has 34 heavy (non-hydrogen) atoms. The molecule has 0 fully saturated rings. The van der Waals surface area contributed by atoms with Crippen molar-refractivity contribution in [2.75, 3.05) is 5.32 Å². The average Bonchev–Trinajstić information content (AvgIpc) is 3.27. The van der Waals surface area contributed by atoms with Gasteiger partial charge in [-0.25, -0.2) is 4.68 Å². The summed E-state index contributed by atoms with van der Waals surface area (Å²) in [6.07, 6.45) is 0. The molecule has 6 rings (SSSR count). The number of anilines is 2. The number of carbonyl (C=O) groups is 2. The molecule has 1 aliphatic rings. The first-order chi connectivity index (χ1) is 16.5. The molecule has 0 spiro atoms. The van der Waals surface area contributed by atoms with Crippen LogP contribution in [0.4, 0.5) is 11.4 Å². The highest BCUT2D eigenvalue weighted by Gasteiger charge is 2.35. The summed E-state index contributed by atoms with van der Waals surface area (Å²) < 4.78 is 2.57. The minimum Gasteiger partial charge on any atom is -0.355 e. The van der Waals surface area contributed by atoms with Crippen molar-refractivity contribution >= 4 is 49.9 Å². The molecule has 7 heteroatoms. The van der Waals surface area contributed by atoms with Gasteiger partial charge in [0.05, 0.1) is 28.0 Å². The maximum Gasteiger partial charge on any atom is 0.196 e. The van der Waals surface area contributed by atoms with Gasteiger partial charge in [-0.3, -0.25) is 9.59 Å². The number of nitrogens with zero attached hydrogens (tertiary/aromatic N) is 3. The molecular weight excluding hydrogens is 492 g/mol. The van der Waals surface area contributed by atoms with Crippen LogP contribution in [0.2, 0.25) is 0 Å². The molecular formula is C27H17BrN4O2. The van der Waals surface area contributed by atoms with Crippen LogP contribution in [-0.2, 0) is 0 Å². The zero-order valence-corrected chi connectivity index (χ0v) is 19.6. The third-order valence-corrected chi connectivity index (χ3v) is 6.49. The van der Waals surface area contributed by atoms with Crippen molar-refractivity contribution in [3.8, 4) is 5.69 Å². The number of carbonyl (C=O) groups excluding carboxylic acids is 2. The van der Waals surface area contributed by atoms with Crippen LogP contribution < -0.4 is 5.32 Å². The Hall–Kier alpha value is -4.10. The van der Waals surface area contributed by atoms with Gasteiger partial charge in [-0.15, -0.1) is 5.10 Å². The van der Waals surface area contributed by atoms with Crippen LogP contribution >= 0.6 is 15.9 Å². The molecule has 1 heterocycles.